The third kappa shape index (κ3) is 3.52. The zero-order valence-corrected chi connectivity index (χ0v) is 14.9. The van der Waals surface area contributed by atoms with E-state index >= 15 is 0 Å². The fraction of sp³-hybridized carbons (Fsp3) is 0.611. The molecule has 6 nitrogen and oxygen atoms in total. The Balaban J connectivity index is 1.89. The number of nitrogens with zero attached hydrogens (tertiary/aromatic N) is 3. The van der Waals surface area contributed by atoms with Gasteiger partial charge in [-0.3, -0.25) is 9.89 Å². The SMILES string of the molecule is Cc1cc(-c2cn[nH]c2C2CCCCN2C(=O)CC(C)(C)C)on1. The Morgan fingerprint density at radius 2 is 2.21 bits per heavy atom. The molecular weight excluding hydrogens is 304 g/mol. The van der Waals surface area contributed by atoms with Crippen LogP contribution in [0.5, 0.6) is 0 Å². The third-order valence-electron chi connectivity index (χ3n) is 4.40. The van der Waals surface area contributed by atoms with Crippen molar-refractivity contribution in [3.05, 3.63) is 23.7 Å². The molecule has 0 saturated carbocycles. The van der Waals surface area contributed by atoms with Crippen LogP contribution >= 0.6 is 0 Å². The maximum atomic E-state index is 12.8. The molecule has 0 aliphatic carbocycles. The Kier molecular flexibility index (Phi) is 4.47. The van der Waals surface area contributed by atoms with E-state index in [-0.39, 0.29) is 17.4 Å². The average molecular weight is 330 g/mol. The van der Waals surface area contributed by atoms with E-state index < -0.39 is 0 Å². The van der Waals surface area contributed by atoms with E-state index in [0.717, 1.165) is 42.8 Å². The van der Waals surface area contributed by atoms with Crippen molar-refractivity contribution in [1.29, 1.82) is 0 Å². The maximum absolute atomic E-state index is 12.8. The summed E-state index contributed by atoms with van der Waals surface area (Å²) in [6.07, 6.45) is 5.41. The van der Waals surface area contributed by atoms with Gasteiger partial charge in [0.2, 0.25) is 5.91 Å². The highest BCUT2D eigenvalue weighted by molar-refractivity contribution is 5.78. The van der Waals surface area contributed by atoms with Gasteiger partial charge in [0.25, 0.3) is 0 Å². The molecule has 1 fully saturated rings. The Morgan fingerprint density at radius 1 is 1.42 bits per heavy atom. The van der Waals surface area contributed by atoms with Crippen LogP contribution in [0.4, 0.5) is 0 Å². The van der Waals surface area contributed by atoms with Gasteiger partial charge in [-0.2, -0.15) is 5.10 Å². The minimum Gasteiger partial charge on any atom is -0.356 e. The minimum absolute atomic E-state index is 0.0159. The lowest BCUT2D eigenvalue weighted by Gasteiger charge is -2.37. The highest BCUT2D eigenvalue weighted by atomic mass is 16.5. The van der Waals surface area contributed by atoms with Gasteiger partial charge in [0, 0.05) is 19.0 Å². The monoisotopic (exact) mass is 330 g/mol. The van der Waals surface area contributed by atoms with Crippen LogP contribution in [-0.4, -0.2) is 32.7 Å². The zero-order valence-electron chi connectivity index (χ0n) is 14.9. The summed E-state index contributed by atoms with van der Waals surface area (Å²) >= 11 is 0. The van der Waals surface area contributed by atoms with E-state index in [9.17, 15) is 4.79 Å². The molecule has 1 atom stereocenters. The molecule has 2 aromatic rings. The van der Waals surface area contributed by atoms with Gasteiger partial charge in [-0.15, -0.1) is 0 Å². The summed E-state index contributed by atoms with van der Waals surface area (Å²) in [5, 5.41) is 11.3. The lowest BCUT2D eigenvalue weighted by Crippen LogP contribution is -2.40. The van der Waals surface area contributed by atoms with Crippen LogP contribution in [0.2, 0.25) is 0 Å². The number of hydrogen-bond acceptors (Lipinski definition) is 4. The van der Waals surface area contributed by atoms with Crippen molar-refractivity contribution in [3.8, 4) is 11.3 Å². The molecule has 0 spiro atoms. The normalized spacial score (nSPS) is 18.8. The molecule has 1 unspecified atom stereocenters. The maximum Gasteiger partial charge on any atom is 0.223 e. The predicted molar refractivity (Wildman–Crippen MR) is 91.2 cm³/mol. The van der Waals surface area contributed by atoms with Crippen molar-refractivity contribution in [2.45, 2.75) is 59.4 Å². The molecule has 130 valence electrons. The van der Waals surface area contributed by atoms with E-state index in [1.54, 1.807) is 6.20 Å². The van der Waals surface area contributed by atoms with Crippen LogP contribution < -0.4 is 0 Å². The van der Waals surface area contributed by atoms with Crippen LogP contribution in [0.1, 0.15) is 63.9 Å². The molecule has 3 heterocycles. The lowest BCUT2D eigenvalue weighted by atomic mass is 9.89. The van der Waals surface area contributed by atoms with Crippen molar-refractivity contribution in [2.75, 3.05) is 6.54 Å². The molecular formula is C18H26N4O2. The van der Waals surface area contributed by atoms with Gasteiger partial charge in [0.05, 0.1) is 29.2 Å². The number of aryl methyl sites for hydroxylation is 1. The standard InChI is InChI=1S/C18H26N4O2/c1-12-9-15(24-21-12)13-11-19-20-17(13)14-7-5-6-8-22(14)16(23)10-18(2,3)4/h9,11,14H,5-8,10H2,1-4H3,(H,19,20). The second kappa shape index (κ2) is 6.42. The smallest absolute Gasteiger partial charge is 0.223 e. The van der Waals surface area contributed by atoms with E-state index in [0.29, 0.717) is 12.2 Å². The summed E-state index contributed by atoms with van der Waals surface area (Å²) in [6.45, 7) is 8.99. The van der Waals surface area contributed by atoms with Crippen LogP contribution in [0.25, 0.3) is 11.3 Å². The number of H-pyrrole nitrogens is 1. The second-order valence-corrected chi connectivity index (χ2v) is 7.87. The Bertz CT molecular complexity index is 711. The first-order valence-electron chi connectivity index (χ1n) is 8.61. The molecule has 6 heteroatoms. The lowest BCUT2D eigenvalue weighted by molar-refractivity contribution is -0.137. The van der Waals surface area contributed by atoms with Gasteiger partial charge in [-0.05, 0) is 31.6 Å². The van der Waals surface area contributed by atoms with E-state index in [1.807, 2.05) is 17.9 Å². The van der Waals surface area contributed by atoms with Crippen LogP contribution in [-0.2, 0) is 4.79 Å². The number of likely N-dealkylation sites (tertiary alicyclic amines) is 1. The Morgan fingerprint density at radius 3 is 2.88 bits per heavy atom. The largest absolute Gasteiger partial charge is 0.356 e. The summed E-state index contributed by atoms with van der Waals surface area (Å²) in [7, 11) is 0. The average Bonchev–Trinajstić information content (AvgIpc) is 3.13. The number of amides is 1. The summed E-state index contributed by atoms with van der Waals surface area (Å²) < 4.78 is 5.40. The third-order valence-corrected chi connectivity index (χ3v) is 4.40. The Hall–Kier alpha value is -2.11. The van der Waals surface area contributed by atoms with Crippen LogP contribution in [0.3, 0.4) is 0 Å². The molecule has 0 aromatic carbocycles. The number of carbonyl (C=O) groups excluding carboxylic acids is 1. The van der Waals surface area contributed by atoms with Crippen molar-refractivity contribution in [3.63, 3.8) is 0 Å². The fourth-order valence-electron chi connectivity index (χ4n) is 3.32. The van der Waals surface area contributed by atoms with Crippen LogP contribution in [0.15, 0.2) is 16.8 Å². The first-order valence-corrected chi connectivity index (χ1v) is 8.61. The quantitative estimate of drug-likeness (QED) is 0.927. The highest BCUT2D eigenvalue weighted by Gasteiger charge is 2.33. The summed E-state index contributed by atoms with van der Waals surface area (Å²) in [6, 6.07) is 1.93. The molecule has 2 aromatic heterocycles. The topological polar surface area (TPSA) is 75.0 Å². The van der Waals surface area contributed by atoms with E-state index in [2.05, 4.69) is 36.1 Å². The summed E-state index contributed by atoms with van der Waals surface area (Å²) in [5.41, 5.74) is 2.67. The molecule has 1 saturated heterocycles. The predicted octanol–water partition coefficient (Wildman–Crippen LogP) is 3.86. The number of piperidine rings is 1. The number of aromatic nitrogens is 3. The number of nitrogens with one attached hydrogen (secondary N) is 1. The molecule has 0 bridgehead atoms. The number of aromatic amines is 1. The van der Waals surface area contributed by atoms with Crippen molar-refractivity contribution in [1.82, 2.24) is 20.3 Å². The molecule has 3 rings (SSSR count). The number of carbonyl (C=O) groups is 1. The van der Waals surface area contributed by atoms with Gasteiger partial charge in [-0.1, -0.05) is 25.9 Å². The molecule has 1 N–H and O–H groups in total. The first-order chi connectivity index (χ1) is 11.3. The number of rotatable bonds is 3. The summed E-state index contributed by atoms with van der Waals surface area (Å²) in [4.78, 5) is 14.8. The van der Waals surface area contributed by atoms with E-state index in [1.165, 1.54) is 0 Å². The molecule has 0 radical (unpaired) electrons. The van der Waals surface area contributed by atoms with E-state index in [4.69, 9.17) is 4.52 Å². The second-order valence-electron chi connectivity index (χ2n) is 7.87. The van der Waals surface area contributed by atoms with Gasteiger partial charge < -0.3 is 9.42 Å². The van der Waals surface area contributed by atoms with Crippen molar-refractivity contribution < 1.29 is 9.32 Å². The van der Waals surface area contributed by atoms with Gasteiger partial charge in [0.15, 0.2) is 5.76 Å². The van der Waals surface area contributed by atoms with Gasteiger partial charge in [-0.25, -0.2) is 0 Å². The van der Waals surface area contributed by atoms with Crippen molar-refractivity contribution >= 4 is 5.91 Å². The molecule has 24 heavy (non-hydrogen) atoms. The first kappa shape index (κ1) is 16.7. The molecule has 1 aliphatic rings. The van der Waals surface area contributed by atoms with Crippen LogP contribution in [0, 0.1) is 12.3 Å². The molecule has 1 aliphatic heterocycles. The molecule has 1 amide bonds. The Labute approximate surface area is 142 Å². The minimum atomic E-state index is -0.0159. The highest BCUT2D eigenvalue weighted by Crippen LogP contribution is 2.37. The van der Waals surface area contributed by atoms with Crippen molar-refractivity contribution in [2.24, 2.45) is 5.41 Å². The summed E-state index contributed by atoms with van der Waals surface area (Å²) in [5.74, 6) is 0.909. The fourth-order valence-corrected chi connectivity index (χ4v) is 3.32. The zero-order chi connectivity index (χ0) is 17.3. The van der Waals surface area contributed by atoms with Gasteiger partial charge >= 0.3 is 0 Å². The number of hydrogen-bond donors (Lipinski definition) is 1. The van der Waals surface area contributed by atoms with Gasteiger partial charge in [0.1, 0.15) is 0 Å².